The summed E-state index contributed by atoms with van der Waals surface area (Å²) in [6.45, 7) is 2.03. The molecule has 1 heterocycles. The molecule has 0 fully saturated rings. The topological polar surface area (TPSA) is 33.5 Å². The first kappa shape index (κ1) is 12.4. The molecule has 1 aromatic heterocycles. The number of hydrogen-bond acceptors (Lipinski definition) is 2. The molecule has 0 saturated carbocycles. The fourth-order valence-electron chi connectivity index (χ4n) is 1.75. The van der Waals surface area contributed by atoms with E-state index in [0.29, 0.717) is 12.1 Å². The first-order valence-electron chi connectivity index (χ1n) is 5.61. The Labute approximate surface area is 105 Å². The number of furan rings is 1. The van der Waals surface area contributed by atoms with Crippen molar-refractivity contribution in [3.8, 4) is 0 Å². The van der Waals surface area contributed by atoms with E-state index < -0.39 is 5.82 Å². The molecular formula is C14H14FNO2. The van der Waals surface area contributed by atoms with E-state index in [9.17, 15) is 9.18 Å². The molecule has 0 aliphatic carbocycles. The van der Waals surface area contributed by atoms with Gasteiger partial charge >= 0.3 is 0 Å². The summed E-state index contributed by atoms with van der Waals surface area (Å²) in [6.07, 6.45) is 3.11. The SMILES string of the molecule is Cc1cccc(C(=O)N(C)Cc2ccoc2)c1F. The van der Waals surface area contributed by atoms with Gasteiger partial charge in [0.05, 0.1) is 18.1 Å². The summed E-state index contributed by atoms with van der Waals surface area (Å²) < 4.78 is 18.8. The number of hydrogen-bond donors (Lipinski definition) is 0. The minimum Gasteiger partial charge on any atom is -0.472 e. The molecule has 1 amide bonds. The van der Waals surface area contributed by atoms with E-state index in [2.05, 4.69) is 0 Å². The van der Waals surface area contributed by atoms with Crippen LogP contribution in [0, 0.1) is 12.7 Å². The summed E-state index contributed by atoms with van der Waals surface area (Å²) in [5.74, 6) is -0.793. The van der Waals surface area contributed by atoms with E-state index in [1.165, 1.54) is 11.0 Å². The van der Waals surface area contributed by atoms with E-state index in [1.54, 1.807) is 44.7 Å². The maximum Gasteiger partial charge on any atom is 0.256 e. The standard InChI is InChI=1S/C14H14FNO2/c1-10-4-3-5-12(13(10)15)14(17)16(2)8-11-6-7-18-9-11/h3-7,9H,8H2,1-2H3. The molecular weight excluding hydrogens is 233 g/mol. The predicted molar refractivity (Wildman–Crippen MR) is 65.6 cm³/mol. The average molecular weight is 247 g/mol. The Morgan fingerprint density at radius 1 is 1.39 bits per heavy atom. The fraction of sp³-hybridized carbons (Fsp3) is 0.214. The van der Waals surface area contributed by atoms with Crippen molar-refractivity contribution in [2.45, 2.75) is 13.5 Å². The number of halogens is 1. The number of aryl methyl sites for hydroxylation is 1. The maximum absolute atomic E-state index is 13.8. The molecule has 1 aromatic carbocycles. The van der Waals surface area contributed by atoms with E-state index in [-0.39, 0.29) is 11.5 Å². The van der Waals surface area contributed by atoms with Crippen LogP contribution in [0.25, 0.3) is 0 Å². The van der Waals surface area contributed by atoms with E-state index >= 15 is 0 Å². The number of nitrogens with zero attached hydrogens (tertiary/aromatic N) is 1. The highest BCUT2D eigenvalue weighted by Crippen LogP contribution is 2.15. The van der Waals surface area contributed by atoms with Crippen molar-refractivity contribution in [3.05, 3.63) is 59.3 Å². The summed E-state index contributed by atoms with van der Waals surface area (Å²) in [5, 5.41) is 0. The number of benzene rings is 1. The third kappa shape index (κ3) is 2.42. The van der Waals surface area contributed by atoms with Crippen LogP contribution in [0.15, 0.2) is 41.2 Å². The van der Waals surface area contributed by atoms with Crippen LogP contribution in [-0.4, -0.2) is 17.9 Å². The third-order valence-electron chi connectivity index (χ3n) is 2.77. The Bertz CT molecular complexity index is 549. The lowest BCUT2D eigenvalue weighted by Gasteiger charge is -2.17. The molecule has 4 heteroatoms. The highest BCUT2D eigenvalue weighted by atomic mass is 19.1. The van der Waals surface area contributed by atoms with Gasteiger partial charge in [0, 0.05) is 19.2 Å². The monoisotopic (exact) mass is 247 g/mol. The van der Waals surface area contributed by atoms with Gasteiger partial charge in [0.25, 0.3) is 5.91 Å². The van der Waals surface area contributed by atoms with Gasteiger partial charge in [-0.25, -0.2) is 4.39 Å². The Morgan fingerprint density at radius 2 is 2.17 bits per heavy atom. The second kappa shape index (κ2) is 5.04. The van der Waals surface area contributed by atoms with Crippen LogP contribution in [0.2, 0.25) is 0 Å². The highest BCUT2D eigenvalue weighted by molar-refractivity contribution is 5.94. The molecule has 0 spiro atoms. The van der Waals surface area contributed by atoms with Gasteiger partial charge in [-0.2, -0.15) is 0 Å². The largest absolute Gasteiger partial charge is 0.472 e. The summed E-state index contributed by atoms with van der Waals surface area (Å²) in [5.41, 5.74) is 1.44. The lowest BCUT2D eigenvalue weighted by molar-refractivity contribution is 0.0780. The zero-order chi connectivity index (χ0) is 13.1. The van der Waals surface area contributed by atoms with E-state index in [1.807, 2.05) is 0 Å². The fourth-order valence-corrected chi connectivity index (χ4v) is 1.75. The Balaban J connectivity index is 2.18. The minimum atomic E-state index is -0.457. The average Bonchev–Trinajstić information content (AvgIpc) is 2.84. The smallest absolute Gasteiger partial charge is 0.256 e. The molecule has 2 rings (SSSR count). The van der Waals surface area contributed by atoms with Crippen molar-refractivity contribution in [1.29, 1.82) is 0 Å². The zero-order valence-electron chi connectivity index (χ0n) is 10.3. The van der Waals surface area contributed by atoms with Gasteiger partial charge in [0.15, 0.2) is 0 Å². The van der Waals surface area contributed by atoms with Crippen LogP contribution in [0.1, 0.15) is 21.5 Å². The van der Waals surface area contributed by atoms with E-state index in [0.717, 1.165) is 5.56 Å². The highest BCUT2D eigenvalue weighted by Gasteiger charge is 2.17. The first-order chi connectivity index (χ1) is 8.59. The molecule has 0 atom stereocenters. The molecule has 0 aliphatic heterocycles. The van der Waals surface area contributed by atoms with Gasteiger partial charge in [-0.05, 0) is 24.6 Å². The second-order valence-electron chi connectivity index (χ2n) is 4.23. The van der Waals surface area contributed by atoms with Gasteiger partial charge in [-0.15, -0.1) is 0 Å². The van der Waals surface area contributed by atoms with Crippen LogP contribution in [0.3, 0.4) is 0 Å². The first-order valence-corrected chi connectivity index (χ1v) is 5.61. The lowest BCUT2D eigenvalue weighted by Crippen LogP contribution is -2.27. The van der Waals surface area contributed by atoms with Gasteiger partial charge in [-0.3, -0.25) is 4.79 Å². The molecule has 0 unspecified atom stereocenters. The minimum absolute atomic E-state index is 0.0981. The van der Waals surface area contributed by atoms with Crippen LogP contribution < -0.4 is 0 Å². The summed E-state index contributed by atoms with van der Waals surface area (Å²) in [4.78, 5) is 13.6. The number of carbonyl (C=O) groups excluding carboxylic acids is 1. The molecule has 2 aromatic rings. The van der Waals surface area contributed by atoms with E-state index in [4.69, 9.17) is 4.42 Å². The molecule has 0 bridgehead atoms. The van der Waals surface area contributed by atoms with Crippen LogP contribution in [-0.2, 0) is 6.54 Å². The van der Waals surface area contributed by atoms with Gasteiger partial charge in [-0.1, -0.05) is 12.1 Å². The normalized spacial score (nSPS) is 10.4. The van der Waals surface area contributed by atoms with Gasteiger partial charge in [0.2, 0.25) is 0 Å². The number of amides is 1. The van der Waals surface area contributed by atoms with Crippen molar-refractivity contribution in [1.82, 2.24) is 4.90 Å². The molecule has 3 nitrogen and oxygen atoms in total. The predicted octanol–water partition coefficient (Wildman–Crippen LogP) is 3.00. The van der Waals surface area contributed by atoms with Gasteiger partial charge < -0.3 is 9.32 Å². The molecule has 94 valence electrons. The van der Waals surface area contributed by atoms with Crippen LogP contribution in [0.5, 0.6) is 0 Å². The van der Waals surface area contributed by atoms with Crippen LogP contribution >= 0.6 is 0 Å². The zero-order valence-corrected chi connectivity index (χ0v) is 10.3. The molecule has 18 heavy (non-hydrogen) atoms. The molecule has 0 N–H and O–H groups in total. The second-order valence-corrected chi connectivity index (χ2v) is 4.23. The Hall–Kier alpha value is -2.10. The van der Waals surface area contributed by atoms with Crippen molar-refractivity contribution in [3.63, 3.8) is 0 Å². The van der Waals surface area contributed by atoms with Gasteiger partial charge in [0.1, 0.15) is 5.82 Å². The number of rotatable bonds is 3. The van der Waals surface area contributed by atoms with Crippen molar-refractivity contribution >= 4 is 5.91 Å². The molecule has 0 aliphatic rings. The van der Waals surface area contributed by atoms with Crippen molar-refractivity contribution in [2.75, 3.05) is 7.05 Å². The third-order valence-corrected chi connectivity index (χ3v) is 2.77. The quantitative estimate of drug-likeness (QED) is 0.835. The van der Waals surface area contributed by atoms with Crippen LogP contribution in [0.4, 0.5) is 4.39 Å². The summed E-state index contributed by atoms with van der Waals surface area (Å²) in [7, 11) is 1.64. The van der Waals surface area contributed by atoms with Crippen molar-refractivity contribution < 1.29 is 13.6 Å². The Morgan fingerprint density at radius 3 is 2.83 bits per heavy atom. The lowest BCUT2D eigenvalue weighted by atomic mass is 10.1. The number of carbonyl (C=O) groups is 1. The molecule has 0 radical (unpaired) electrons. The maximum atomic E-state index is 13.8. The summed E-state index contributed by atoms with van der Waals surface area (Å²) in [6, 6.07) is 6.59. The molecule has 0 saturated heterocycles. The summed E-state index contributed by atoms with van der Waals surface area (Å²) >= 11 is 0. The van der Waals surface area contributed by atoms with Crippen molar-refractivity contribution in [2.24, 2.45) is 0 Å². The Kier molecular flexibility index (Phi) is 3.46.